The van der Waals surface area contributed by atoms with Crippen LogP contribution >= 0.6 is 0 Å². The van der Waals surface area contributed by atoms with E-state index in [1.807, 2.05) is 37.3 Å². The minimum Gasteiger partial charge on any atom is -0.393 e. The number of H-pyrrole nitrogens is 1. The first kappa shape index (κ1) is 12.6. The maximum absolute atomic E-state index is 12.0. The number of rotatable bonds is 4. The molecular weight excluding hydrogens is 228 g/mol. The minimum atomic E-state index is -0.414. The van der Waals surface area contributed by atoms with Gasteiger partial charge in [-0.25, -0.2) is 0 Å². The zero-order chi connectivity index (χ0) is 13.1. The van der Waals surface area contributed by atoms with Gasteiger partial charge in [0.2, 0.25) is 0 Å². The topological polar surface area (TPSA) is 65.1 Å². The Morgan fingerprint density at radius 3 is 2.78 bits per heavy atom. The third-order valence-corrected chi connectivity index (χ3v) is 2.85. The van der Waals surface area contributed by atoms with Crippen molar-refractivity contribution >= 4 is 16.8 Å². The highest BCUT2D eigenvalue weighted by Crippen LogP contribution is 2.14. The molecule has 4 nitrogen and oxygen atoms in total. The summed E-state index contributed by atoms with van der Waals surface area (Å²) in [5, 5.41) is 13.1. The van der Waals surface area contributed by atoms with E-state index < -0.39 is 6.10 Å². The van der Waals surface area contributed by atoms with E-state index in [9.17, 15) is 9.90 Å². The molecule has 96 valence electrons. The van der Waals surface area contributed by atoms with Crippen molar-refractivity contribution in [2.24, 2.45) is 0 Å². The van der Waals surface area contributed by atoms with E-state index in [2.05, 4.69) is 10.3 Å². The quantitative estimate of drug-likeness (QED) is 0.773. The number of amides is 1. The summed E-state index contributed by atoms with van der Waals surface area (Å²) in [4.78, 5) is 15.1. The number of hydrogen-bond acceptors (Lipinski definition) is 2. The summed E-state index contributed by atoms with van der Waals surface area (Å²) in [7, 11) is 0. The maximum Gasteiger partial charge on any atom is 0.267 e. The van der Waals surface area contributed by atoms with Crippen LogP contribution in [0.25, 0.3) is 10.9 Å². The van der Waals surface area contributed by atoms with Gasteiger partial charge in [-0.3, -0.25) is 4.79 Å². The first-order valence-corrected chi connectivity index (χ1v) is 6.13. The van der Waals surface area contributed by atoms with Crippen LogP contribution in [-0.2, 0) is 0 Å². The molecule has 1 aromatic heterocycles. The molecule has 2 atom stereocenters. The molecule has 1 aromatic carbocycles. The van der Waals surface area contributed by atoms with Gasteiger partial charge in [0.15, 0.2) is 0 Å². The van der Waals surface area contributed by atoms with Crippen LogP contribution < -0.4 is 5.32 Å². The number of aliphatic hydroxyl groups is 1. The molecule has 2 rings (SSSR count). The van der Waals surface area contributed by atoms with Crippen molar-refractivity contribution in [2.75, 3.05) is 0 Å². The number of carbonyl (C=O) groups excluding carboxylic acids is 1. The second kappa shape index (κ2) is 5.23. The molecule has 1 amide bonds. The third kappa shape index (κ3) is 2.90. The highest BCUT2D eigenvalue weighted by atomic mass is 16.3. The Labute approximate surface area is 106 Å². The van der Waals surface area contributed by atoms with Crippen molar-refractivity contribution in [1.82, 2.24) is 10.3 Å². The molecule has 3 N–H and O–H groups in total. The number of para-hydroxylation sites is 1. The highest BCUT2D eigenvalue weighted by molar-refractivity contribution is 5.98. The number of carbonyl (C=O) groups is 1. The van der Waals surface area contributed by atoms with E-state index >= 15 is 0 Å². The van der Waals surface area contributed by atoms with E-state index in [-0.39, 0.29) is 11.9 Å². The lowest BCUT2D eigenvalue weighted by atomic mass is 10.1. The Hall–Kier alpha value is -1.81. The van der Waals surface area contributed by atoms with Crippen LogP contribution in [0.5, 0.6) is 0 Å². The first-order chi connectivity index (χ1) is 8.56. The largest absolute Gasteiger partial charge is 0.393 e. The Morgan fingerprint density at radius 2 is 2.11 bits per heavy atom. The van der Waals surface area contributed by atoms with Gasteiger partial charge in [-0.1, -0.05) is 18.2 Å². The van der Waals surface area contributed by atoms with Gasteiger partial charge in [0.1, 0.15) is 5.69 Å². The second-order valence-corrected chi connectivity index (χ2v) is 4.73. The van der Waals surface area contributed by atoms with Crippen LogP contribution in [0.15, 0.2) is 30.3 Å². The van der Waals surface area contributed by atoms with Crippen molar-refractivity contribution < 1.29 is 9.90 Å². The summed E-state index contributed by atoms with van der Waals surface area (Å²) >= 11 is 0. The first-order valence-electron chi connectivity index (χ1n) is 6.13. The molecule has 0 radical (unpaired) electrons. The maximum atomic E-state index is 12.0. The van der Waals surface area contributed by atoms with Gasteiger partial charge in [-0.2, -0.15) is 0 Å². The summed E-state index contributed by atoms with van der Waals surface area (Å²) in [5.41, 5.74) is 1.50. The van der Waals surface area contributed by atoms with Crippen LogP contribution in [0.2, 0.25) is 0 Å². The van der Waals surface area contributed by atoms with E-state index in [0.717, 1.165) is 10.9 Å². The van der Waals surface area contributed by atoms with Crippen LogP contribution in [0.1, 0.15) is 30.8 Å². The van der Waals surface area contributed by atoms with E-state index in [1.54, 1.807) is 6.92 Å². The molecule has 0 fully saturated rings. The number of benzene rings is 1. The van der Waals surface area contributed by atoms with Crippen molar-refractivity contribution in [2.45, 2.75) is 32.4 Å². The average molecular weight is 246 g/mol. The van der Waals surface area contributed by atoms with E-state index in [1.165, 1.54) is 0 Å². The predicted octanol–water partition coefficient (Wildman–Crippen LogP) is 2.06. The van der Waals surface area contributed by atoms with Gasteiger partial charge in [-0.15, -0.1) is 0 Å². The predicted molar refractivity (Wildman–Crippen MR) is 71.5 cm³/mol. The Bertz CT molecular complexity index is 512. The van der Waals surface area contributed by atoms with Gasteiger partial charge < -0.3 is 15.4 Å². The molecule has 4 heteroatoms. The van der Waals surface area contributed by atoms with Crippen LogP contribution in [0.4, 0.5) is 0 Å². The summed E-state index contributed by atoms with van der Waals surface area (Å²) in [6.07, 6.45) is 0.134. The molecule has 0 aliphatic carbocycles. The van der Waals surface area contributed by atoms with Crippen LogP contribution in [-0.4, -0.2) is 28.1 Å². The Morgan fingerprint density at radius 1 is 1.39 bits per heavy atom. The molecule has 1 heterocycles. The molecular formula is C14H18N2O2. The molecule has 0 spiro atoms. The molecule has 0 bridgehead atoms. The molecule has 0 aliphatic rings. The number of hydrogen-bond donors (Lipinski definition) is 3. The number of aliphatic hydroxyl groups excluding tert-OH is 1. The summed E-state index contributed by atoms with van der Waals surface area (Å²) in [6, 6.07) is 9.54. The lowest BCUT2D eigenvalue weighted by Crippen LogP contribution is -2.34. The van der Waals surface area contributed by atoms with Gasteiger partial charge in [0.25, 0.3) is 5.91 Å². The normalized spacial score (nSPS) is 14.4. The number of aromatic amines is 1. The minimum absolute atomic E-state index is 0.0519. The molecule has 2 unspecified atom stereocenters. The molecule has 0 saturated heterocycles. The van der Waals surface area contributed by atoms with Gasteiger partial charge in [0.05, 0.1) is 6.10 Å². The lowest BCUT2D eigenvalue weighted by Gasteiger charge is -2.14. The Kier molecular flexibility index (Phi) is 3.67. The molecule has 2 aromatic rings. The van der Waals surface area contributed by atoms with Crippen molar-refractivity contribution in [1.29, 1.82) is 0 Å². The van der Waals surface area contributed by atoms with Crippen molar-refractivity contribution in [3.05, 3.63) is 36.0 Å². The molecule has 0 aliphatic heterocycles. The molecule has 18 heavy (non-hydrogen) atoms. The number of fused-ring (bicyclic) bond motifs is 1. The van der Waals surface area contributed by atoms with E-state index in [4.69, 9.17) is 0 Å². The van der Waals surface area contributed by atoms with Crippen LogP contribution in [0, 0.1) is 0 Å². The second-order valence-electron chi connectivity index (χ2n) is 4.73. The fourth-order valence-electron chi connectivity index (χ4n) is 2.07. The van der Waals surface area contributed by atoms with Gasteiger partial charge >= 0.3 is 0 Å². The Balaban J connectivity index is 2.09. The third-order valence-electron chi connectivity index (χ3n) is 2.85. The highest BCUT2D eigenvalue weighted by Gasteiger charge is 2.13. The standard InChI is InChI=1S/C14H18N2O2/c1-9(7-10(2)17)15-14(18)13-8-11-5-3-4-6-12(11)16-13/h3-6,8-10,16-17H,7H2,1-2H3,(H,15,18). The molecule has 0 saturated carbocycles. The number of nitrogens with one attached hydrogen (secondary N) is 2. The van der Waals surface area contributed by atoms with Gasteiger partial charge in [-0.05, 0) is 32.4 Å². The zero-order valence-corrected chi connectivity index (χ0v) is 10.6. The summed E-state index contributed by atoms with van der Waals surface area (Å²) < 4.78 is 0. The van der Waals surface area contributed by atoms with Crippen molar-refractivity contribution in [3.8, 4) is 0 Å². The monoisotopic (exact) mass is 246 g/mol. The zero-order valence-electron chi connectivity index (χ0n) is 10.6. The average Bonchev–Trinajstić information content (AvgIpc) is 2.71. The number of aromatic nitrogens is 1. The smallest absolute Gasteiger partial charge is 0.267 e. The van der Waals surface area contributed by atoms with E-state index in [0.29, 0.717) is 12.1 Å². The SMILES string of the molecule is CC(O)CC(C)NC(=O)c1cc2ccccc2[nH]1. The fraction of sp³-hybridized carbons (Fsp3) is 0.357. The van der Waals surface area contributed by atoms with Crippen LogP contribution in [0.3, 0.4) is 0 Å². The summed E-state index contributed by atoms with van der Waals surface area (Å²) in [5.74, 6) is -0.139. The fourth-order valence-corrected chi connectivity index (χ4v) is 2.07. The van der Waals surface area contributed by atoms with Gasteiger partial charge in [0, 0.05) is 16.9 Å². The summed E-state index contributed by atoms with van der Waals surface area (Å²) in [6.45, 7) is 3.60. The lowest BCUT2D eigenvalue weighted by molar-refractivity contribution is 0.0919. The van der Waals surface area contributed by atoms with Crippen molar-refractivity contribution in [3.63, 3.8) is 0 Å².